The summed E-state index contributed by atoms with van der Waals surface area (Å²) in [6.45, 7) is 1.73. The molecule has 0 aliphatic carbocycles. The number of pyridine rings is 2. The Morgan fingerprint density at radius 1 is 1.08 bits per heavy atom. The molecule has 3 N–H and O–H groups in total. The molecule has 3 rings (SSSR count). The zero-order valence-corrected chi connectivity index (χ0v) is 14.0. The smallest absolute Gasteiger partial charge is 0.274 e. The number of carbonyl (C=O) groups excluding carboxylic acids is 1. The van der Waals surface area contributed by atoms with Crippen LogP contribution in [0, 0.1) is 17.8 Å². The van der Waals surface area contributed by atoms with Gasteiger partial charge in [-0.3, -0.25) is 4.79 Å². The van der Waals surface area contributed by atoms with Crippen molar-refractivity contribution in [2.45, 2.75) is 6.92 Å². The van der Waals surface area contributed by atoms with Crippen LogP contribution in [0.5, 0.6) is 0 Å². The van der Waals surface area contributed by atoms with Crippen LogP contribution < -0.4 is 11.1 Å². The summed E-state index contributed by atoms with van der Waals surface area (Å²) in [5, 5.41) is 2.74. The first-order valence-corrected chi connectivity index (χ1v) is 7.78. The van der Waals surface area contributed by atoms with Gasteiger partial charge in [0.25, 0.3) is 5.91 Å². The maximum atomic E-state index is 13.0. The van der Waals surface area contributed by atoms with Crippen molar-refractivity contribution in [1.82, 2.24) is 9.97 Å². The summed E-state index contributed by atoms with van der Waals surface area (Å²) in [5.74, 6) is 4.69. The lowest BCUT2D eigenvalue weighted by molar-refractivity contribution is 0.102. The zero-order valence-electron chi connectivity index (χ0n) is 14.0. The topological polar surface area (TPSA) is 80.9 Å². The number of nitrogens with two attached hydrogens (primary N) is 1. The van der Waals surface area contributed by atoms with Gasteiger partial charge in [-0.25, -0.2) is 9.97 Å². The minimum absolute atomic E-state index is 0.250. The number of amides is 1. The van der Waals surface area contributed by atoms with Gasteiger partial charge >= 0.3 is 0 Å². The first-order valence-electron chi connectivity index (χ1n) is 7.78. The van der Waals surface area contributed by atoms with Gasteiger partial charge in [0.2, 0.25) is 5.95 Å². The average Bonchev–Trinajstić information content (AvgIpc) is 2.65. The predicted molar refractivity (Wildman–Crippen MR) is 98.8 cm³/mol. The number of carbonyl (C=O) groups is 1. The Labute approximate surface area is 150 Å². The number of halogens is 1. The molecule has 0 saturated carbocycles. The fourth-order valence-electron chi connectivity index (χ4n) is 2.32. The summed E-state index contributed by atoms with van der Waals surface area (Å²) in [6.07, 6.45) is 2.96. The molecule has 5 nitrogen and oxygen atoms in total. The Balaban J connectivity index is 1.84. The summed E-state index contributed by atoms with van der Waals surface area (Å²) >= 11 is 0. The van der Waals surface area contributed by atoms with Gasteiger partial charge in [-0.2, -0.15) is 4.39 Å². The van der Waals surface area contributed by atoms with Crippen LogP contribution in [0.4, 0.5) is 15.8 Å². The lowest BCUT2D eigenvalue weighted by Crippen LogP contribution is -2.14. The first kappa shape index (κ1) is 17.1. The maximum absolute atomic E-state index is 13.0. The Morgan fingerprint density at radius 3 is 2.54 bits per heavy atom. The third kappa shape index (κ3) is 3.84. The van der Waals surface area contributed by atoms with E-state index in [1.165, 1.54) is 18.5 Å². The van der Waals surface area contributed by atoms with Crippen molar-refractivity contribution >= 4 is 17.3 Å². The highest BCUT2D eigenvalue weighted by atomic mass is 19.1. The molecule has 26 heavy (non-hydrogen) atoms. The zero-order chi connectivity index (χ0) is 18.5. The number of aromatic nitrogens is 2. The van der Waals surface area contributed by atoms with E-state index >= 15 is 0 Å². The van der Waals surface area contributed by atoms with Gasteiger partial charge in [0.05, 0.1) is 11.4 Å². The normalized spacial score (nSPS) is 9.92. The van der Waals surface area contributed by atoms with Crippen LogP contribution in [0.25, 0.3) is 11.1 Å². The maximum Gasteiger partial charge on any atom is 0.274 e. The molecule has 1 amide bonds. The van der Waals surface area contributed by atoms with E-state index in [0.717, 1.165) is 11.1 Å². The fourth-order valence-corrected chi connectivity index (χ4v) is 2.32. The van der Waals surface area contributed by atoms with E-state index in [2.05, 4.69) is 27.1 Å². The van der Waals surface area contributed by atoms with E-state index in [9.17, 15) is 9.18 Å². The summed E-state index contributed by atoms with van der Waals surface area (Å²) in [7, 11) is 0. The highest BCUT2D eigenvalue weighted by molar-refractivity contribution is 6.04. The van der Waals surface area contributed by atoms with Crippen LogP contribution in [0.15, 0.2) is 54.9 Å². The third-order valence-corrected chi connectivity index (χ3v) is 3.63. The Morgan fingerprint density at radius 2 is 1.88 bits per heavy atom. The van der Waals surface area contributed by atoms with Gasteiger partial charge in [-0.05, 0) is 48.9 Å². The van der Waals surface area contributed by atoms with E-state index in [0.29, 0.717) is 16.9 Å². The van der Waals surface area contributed by atoms with E-state index in [-0.39, 0.29) is 11.6 Å². The predicted octanol–water partition coefficient (Wildman–Crippen LogP) is 3.49. The molecular weight excluding hydrogens is 331 g/mol. The molecule has 6 heteroatoms. The summed E-state index contributed by atoms with van der Waals surface area (Å²) in [4.78, 5) is 20.1. The molecule has 3 aromatic rings. The fraction of sp³-hybridized carbons (Fsp3) is 0.0500. The lowest BCUT2D eigenvalue weighted by atomic mass is 10.1. The molecule has 0 bridgehead atoms. The van der Waals surface area contributed by atoms with E-state index < -0.39 is 5.95 Å². The molecule has 0 unspecified atom stereocenters. The second kappa shape index (κ2) is 7.45. The number of nitrogens with zero attached hydrogens (tertiary/aromatic N) is 2. The number of nitrogens with one attached hydrogen (secondary N) is 1. The van der Waals surface area contributed by atoms with E-state index in [1.807, 2.05) is 0 Å². The van der Waals surface area contributed by atoms with Crippen molar-refractivity contribution in [3.63, 3.8) is 0 Å². The SMILES string of the molecule is CC#Cc1ccc(C(=O)Nc2cc(-c3ccc(F)nc3)ccc2N)nc1. The standard InChI is InChI=1S/C20H15FN4O/c1-2-3-13-4-8-17(23-11-13)20(26)25-18-10-14(5-7-16(18)22)15-6-9-19(21)24-12-15/h4-12H,22H2,1H3,(H,25,26). The van der Waals surface area contributed by atoms with Gasteiger partial charge in [-0.15, -0.1) is 5.92 Å². The average molecular weight is 346 g/mol. The Bertz CT molecular complexity index is 1000. The summed E-state index contributed by atoms with van der Waals surface area (Å²) < 4.78 is 13.0. The molecule has 0 aliphatic rings. The van der Waals surface area contributed by atoms with Gasteiger partial charge in [0.15, 0.2) is 0 Å². The molecular formula is C20H15FN4O. The second-order valence-electron chi connectivity index (χ2n) is 5.43. The van der Waals surface area contributed by atoms with Crippen molar-refractivity contribution in [3.8, 4) is 23.0 Å². The minimum Gasteiger partial charge on any atom is -0.397 e. The second-order valence-corrected chi connectivity index (χ2v) is 5.43. The van der Waals surface area contributed by atoms with Gasteiger partial charge in [-0.1, -0.05) is 12.0 Å². The number of hydrogen-bond acceptors (Lipinski definition) is 4. The summed E-state index contributed by atoms with van der Waals surface area (Å²) in [6, 6.07) is 11.3. The Kier molecular flexibility index (Phi) is 4.90. The molecule has 1 aromatic carbocycles. The number of benzene rings is 1. The molecule has 128 valence electrons. The molecule has 0 aliphatic heterocycles. The number of nitrogen functional groups attached to an aromatic ring is 1. The molecule has 0 spiro atoms. The quantitative estimate of drug-likeness (QED) is 0.432. The van der Waals surface area contributed by atoms with Crippen LogP contribution in [-0.4, -0.2) is 15.9 Å². The highest BCUT2D eigenvalue weighted by Gasteiger charge is 2.11. The third-order valence-electron chi connectivity index (χ3n) is 3.63. The van der Waals surface area contributed by atoms with Crippen LogP contribution in [0.3, 0.4) is 0 Å². The molecule has 2 heterocycles. The summed E-state index contributed by atoms with van der Waals surface area (Å²) in [5.41, 5.74) is 9.25. The van der Waals surface area contributed by atoms with Crippen molar-refractivity contribution < 1.29 is 9.18 Å². The number of anilines is 2. The number of rotatable bonds is 3. The van der Waals surface area contributed by atoms with Crippen molar-refractivity contribution in [2.75, 3.05) is 11.1 Å². The van der Waals surface area contributed by atoms with Gasteiger partial charge in [0, 0.05) is 23.5 Å². The monoisotopic (exact) mass is 346 g/mol. The molecule has 0 radical (unpaired) electrons. The first-order chi connectivity index (χ1) is 12.6. The van der Waals surface area contributed by atoms with Crippen molar-refractivity contribution in [3.05, 3.63) is 72.1 Å². The largest absolute Gasteiger partial charge is 0.397 e. The number of hydrogen-bond donors (Lipinski definition) is 2. The van der Waals surface area contributed by atoms with Crippen molar-refractivity contribution in [1.29, 1.82) is 0 Å². The van der Waals surface area contributed by atoms with Crippen LogP contribution >= 0.6 is 0 Å². The van der Waals surface area contributed by atoms with Crippen LogP contribution in [-0.2, 0) is 0 Å². The van der Waals surface area contributed by atoms with Crippen LogP contribution in [0.2, 0.25) is 0 Å². The van der Waals surface area contributed by atoms with Gasteiger partial charge < -0.3 is 11.1 Å². The van der Waals surface area contributed by atoms with E-state index in [1.54, 1.807) is 43.3 Å². The molecule has 2 aromatic heterocycles. The molecule has 0 fully saturated rings. The minimum atomic E-state index is -0.556. The van der Waals surface area contributed by atoms with Crippen LogP contribution in [0.1, 0.15) is 23.0 Å². The molecule has 0 atom stereocenters. The van der Waals surface area contributed by atoms with E-state index in [4.69, 9.17) is 5.73 Å². The Hall–Kier alpha value is -3.72. The highest BCUT2D eigenvalue weighted by Crippen LogP contribution is 2.27. The molecule has 0 saturated heterocycles. The van der Waals surface area contributed by atoms with Gasteiger partial charge in [0.1, 0.15) is 5.69 Å². The lowest BCUT2D eigenvalue weighted by Gasteiger charge is -2.10. The van der Waals surface area contributed by atoms with Crippen molar-refractivity contribution in [2.24, 2.45) is 0 Å².